The second-order valence-electron chi connectivity index (χ2n) is 3.63. The van der Waals surface area contributed by atoms with Crippen molar-refractivity contribution in [1.82, 2.24) is 0 Å². The van der Waals surface area contributed by atoms with Gasteiger partial charge in [0.05, 0.1) is 0 Å². The van der Waals surface area contributed by atoms with Gasteiger partial charge in [-0.25, -0.2) is 0 Å². The Bertz CT molecular complexity index is 369. The summed E-state index contributed by atoms with van der Waals surface area (Å²) < 4.78 is 1.02. The lowest BCUT2D eigenvalue weighted by molar-refractivity contribution is -0.117. The molecule has 0 heterocycles. The molecule has 0 unspecified atom stereocenters. The molecule has 1 nitrogen and oxygen atoms in total. The smallest absolute Gasteiger partial charge is 0.141 e. The van der Waals surface area contributed by atoms with E-state index in [1.165, 1.54) is 0 Å². The summed E-state index contributed by atoms with van der Waals surface area (Å²) in [5.41, 5.74) is 2.06. The van der Waals surface area contributed by atoms with Crippen molar-refractivity contribution < 1.29 is 4.79 Å². The number of hydrogen-bond acceptors (Lipinski definition) is 1. The van der Waals surface area contributed by atoms with Crippen LogP contribution in [0.5, 0.6) is 0 Å². The fraction of sp³-hybridized carbons (Fsp3) is 0.308. The Morgan fingerprint density at radius 2 is 2.20 bits per heavy atom. The van der Waals surface area contributed by atoms with Crippen molar-refractivity contribution in [3.63, 3.8) is 0 Å². The van der Waals surface area contributed by atoms with Crippen LogP contribution in [-0.2, 0) is 11.2 Å². The van der Waals surface area contributed by atoms with E-state index in [1.54, 1.807) is 0 Å². The summed E-state index contributed by atoms with van der Waals surface area (Å²) in [6, 6.07) is 7.85. The molecule has 0 radical (unpaired) electrons. The number of benzene rings is 1. The molecule has 0 aliphatic carbocycles. The van der Waals surface area contributed by atoms with E-state index < -0.39 is 0 Å². The maximum absolute atomic E-state index is 11.6. The van der Waals surface area contributed by atoms with Crippen molar-refractivity contribution in [3.05, 3.63) is 46.5 Å². The molecule has 0 saturated carbocycles. The number of carbonyl (C=O) groups is 1. The second-order valence-corrected chi connectivity index (χ2v) is 4.54. The summed E-state index contributed by atoms with van der Waals surface area (Å²) in [6.07, 6.45) is 1.88. The zero-order valence-electron chi connectivity index (χ0n) is 8.92. The number of hydrogen-bond donors (Lipinski definition) is 0. The first kappa shape index (κ1) is 12.2. The zero-order valence-corrected chi connectivity index (χ0v) is 10.5. The Hall–Kier alpha value is -0.890. The molecule has 0 aliphatic rings. The molecule has 15 heavy (non-hydrogen) atoms. The maximum atomic E-state index is 11.6. The van der Waals surface area contributed by atoms with Crippen LogP contribution in [0.2, 0.25) is 0 Å². The number of Topliss-reactive ketones (excluding diaryl/α,β-unsaturated/α-hetero) is 1. The van der Waals surface area contributed by atoms with Crippen molar-refractivity contribution in [2.24, 2.45) is 0 Å². The molecule has 0 saturated heterocycles. The van der Waals surface area contributed by atoms with Gasteiger partial charge in [-0.15, -0.1) is 0 Å². The van der Waals surface area contributed by atoms with Gasteiger partial charge in [-0.1, -0.05) is 47.1 Å². The fourth-order valence-electron chi connectivity index (χ4n) is 1.34. The largest absolute Gasteiger partial charge is 0.299 e. The van der Waals surface area contributed by atoms with Gasteiger partial charge < -0.3 is 0 Å². The van der Waals surface area contributed by atoms with E-state index in [2.05, 4.69) is 22.5 Å². The molecule has 2 heteroatoms. The quantitative estimate of drug-likeness (QED) is 0.739. The predicted molar refractivity (Wildman–Crippen MR) is 66.9 cm³/mol. The van der Waals surface area contributed by atoms with Crippen LogP contribution in [0, 0.1) is 0 Å². The van der Waals surface area contributed by atoms with Gasteiger partial charge in [-0.2, -0.15) is 0 Å². The minimum absolute atomic E-state index is 0.236. The SMILES string of the molecule is C=C(CC)CC(=O)Cc1cccc(Br)c1. The van der Waals surface area contributed by atoms with Gasteiger partial charge in [0.15, 0.2) is 0 Å². The van der Waals surface area contributed by atoms with E-state index in [-0.39, 0.29) is 5.78 Å². The molecule has 80 valence electrons. The highest BCUT2D eigenvalue weighted by Gasteiger charge is 2.05. The third-order valence-electron chi connectivity index (χ3n) is 2.24. The van der Waals surface area contributed by atoms with Crippen molar-refractivity contribution in [1.29, 1.82) is 0 Å². The predicted octanol–water partition coefficient (Wildman–Crippen LogP) is 3.92. The van der Waals surface area contributed by atoms with Gasteiger partial charge in [0, 0.05) is 17.3 Å². The number of rotatable bonds is 5. The normalized spacial score (nSPS) is 10.0. The van der Waals surface area contributed by atoms with Gasteiger partial charge in [0.1, 0.15) is 5.78 Å². The van der Waals surface area contributed by atoms with Gasteiger partial charge in [-0.3, -0.25) is 4.79 Å². The topological polar surface area (TPSA) is 17.1 Å². The summed E-state index contributed by atoms with van der Waals surface area (Å²) >= 11 is 3.39. The number of allylic oxidation sites excluding steroid dienone is 1. The van der Waals surface area contributed by atoms with Crippen molar-refractivity contribution in [3.8, 4) is 0 Å². The molecule has 1 rings (SSSR count). The minimum atomic E-state index is 0.236. The number of halogens is 1. The van der Waals surface area contributed by atoms with Crippen LogP contribution < -0.4 is 0 Å². The molecular weight excluding hydrogens is 252 g/mol. The maximum Gasteiger partial charge on any atom is 0.141 e. The summed E-state index contributed by atoms with van der Waals surface area (Å²) in [5.74, 6) is 0.236. The van der Waals surface area contributed by atoms with Gasteiger partial charge >= 0.3 is 0 Å². The van der Waals surface area contributed by atoms with E-state index in [0.717, 1.165) is 22.0 Å². The first-order valence-corrected chi connectivity index (χ1v) is 5.84. The van der Waals surface area contributed by atoms with Crippen molar-refractivity contribution in [2.45, 2.75) is 26.2 Å². The summed E-state index contributed by atoms with van der Waals surface area (Å²) in [4.78, 5) is 11.6. The second kappa shape index (κ2) is 5.86. The molecule has 0 spiro atoms. The zero-order chi connectivity index (χ0) is 11.3. The molecule has 0 atom stereocenters. The van der Waals surface area contributed by atoms with Crippen molar-refractivity contribution in [2.75, 3.05) is 0 Å². The first-order chi connectivity index (χ1) is 7.11. The standard InChI is InChI=1S/C13H15BrO/c1-3-10(2)7-13(15)9-11-5-4-6-12(14)8-11/h4-6,8H,2-3,7,9H2,1H3. The monoisotopic (exact) mass is 266 g/mol. The molecule has 0 aliphatic heterocycles. The molecule has 0 N–H and O–H groups in total. The summed E-state index contributed by atoms with van der Waals surface area (Å²) in [6.45, 7) is 5.86. The highest BCUT2D eigenvalue weighted by molar-refractivity contribution is 9.10. The van der Waals surface area contributed by atoms with Crippen LogP contribution in [-0.4, -0.2) is 5.78 Å². The van der Waals surface area contributed by atoms with Gasteiger partial charge in [-0.05, 0) is 24.1 Å². The molecule has 0 bridgehead atoms. The lowest BCUT2D eigenvalue weighted by Gasteiger charge is -2.03. The minimum Gasteiger partial charge on any atom is -0.299 e. The lowest BCUT2D eigenvalue weighted by Crippen LogP contribution is -2.03. The van der Waals surface area contributed by atoms with Crippen LogP contribution in [0.1, 0.15) is 25.3 Å². The third-order valence-corrected chi connectivity index (χ3v) is 2.73. The van der Waals surface area contributed by atoms with Crippen LogP contribution in [0.15, 0.2) is 40.9 Å². The van der Waals surface area contributed by atoms with E-state index >= 15 is 0 Å². The molecule has 1 aromatic rings. The Balaban J connectivity index is 2.55. The molecular formula is C13H15BrO. The summed E-state index contributed by atoms with van der Waals surface area (Å²) in [7, 11) is 0. The van der Waals surface area contributed by atoms with Crippen LogP contribution in [0.3, 0.4) is 0 Å². The van der Waals surface area contributed by atoms with Gasteiger partial charge in [0.2, 0.25) is 0 Å². The van der Waals surface area contributed by atoms with Crippen LogP contribution in [0.4, 0.5) is 0 Å². The molecule has 0 aromatic heterocycles. The Labute approximate surface area is 99.3 Å². The molecule has 0 fully saturated rings. The molecule has 1 aromatic carbocycles. The van der Waals surface area contributed by atoms with Crippen molar-refractivity contribution >= 4 is 21.7 Å². The lowest BCUT2D eigenvalue weighted by atomic mass is 10.0. The van der Waals surface area contributed by atoms with Crippen LogP contribution >= 0.6 is 15.9 Å². The van der Waals surface area contributed by atoms with E-state index in [9.17, 15) is 4.79 Å². The van der Waals surface area contributed by atoms with Gasteiger partial charge in [0.25, 0.3) is 0 Å². The fourth-order valence-corrected chi connectivity index (χ4v) is 1.79. The van der Waals surface area contributed by atoms with E-state index in [4.69, 9.17) is 0 Å². The van der Waals surface area contributed by atoms with E-state index in [1.807, 2.05) is 31.2 Å². The Kier molecular flexibility index (Phi) is 4.76. The number of ketones is 1. The third kappa shape index (κ3) is 4.43. The highest BCUT2D eigenvalue weighted by atomic mass is 79.9. The summed E-state index contributed by atoms with van der Waals surface area (Å²) in [5, 5.41) is 0. The Morgan fingerprint density at radius 3 is 2.80 bits per heavy atom. The van der Waals surface area contributed by atoms with E-state index in [0.29, 0.717) is 12.8 Å². The Morgan fingerprint density at radius 1 is 1.47 bits per heavy atom. The highest BCUT2D eigenvalue weighted by Crippen LogP contribution is 2.14. The average Bonchev–Trinajstić information content (AvgIpc) is 2.17. The first-order valence-electron chi connectivity index (χ1n) is 5.04. The average molecular weight is 267 g/mol. The molecule has 0 amide bonds. The van der Waals surface area contributed by atoms with Crippen LogP contribution in [0.25, 0.3) is 0 Å². The number of carbonyl (C=O) groups excluding carboxylic acids is 1.